The number of piperidine rings is 1. The van der Waals surface area contributed by atoms with E-state index in [9.17, 15) is 18.0 Å². The normalized spacial score (nSPS) is 18.6. The van der Waals surface area contributed by atoms with Gasteiger partial charge >= 0.3 is 6.18 Å². The number of carbonyl (C=O) groups excluding carboxylic acids is 1. The molecule has 0 unspecified atom stereocenters. The zero-order chi connectivity index (χ0) is 22.9. The molecule has 6 nitrogen and oxygen atoms in total. The number of alkyl halides is 3. The standard InChI is InChI=1S/C23H28F3N3O3/c1-14(13-31-2)28-22(30)16-9-15-10-19(32-18-3-4-18)11-20(21(15)27-12-16)29-7-5-17(6-8-29)23(24,25)26/h9-12,14,17-18H,3-8,13H2,1-2H3,(H,28,30)/t14-/m0/s1. The first-order chi connectivity index (χ1) is 15.2. The molecule has 0 spiro atoms. The van der Waals surface area contributed by atoms with Gasteiger partial charge in [-0.15, -0.1) is 0 Å². The third-order valence-corrected chi connectivity index (χ3v) is 5.92. The van der Waals surface area contributed by atoms with Crippen molar-refractivity contribution in [2.24, 2.45) is 5.92 Å². The molecule has 1 saturated heterocycles. The molecule has 1 atom stereocenters. The van der Waals surface area contributed by atoms with Crippen LogP contribution in [0.4, 0.5) is 18.9 Å². The molecule has 2 fully saturated rings. The summed E-state index contributed by atoms with van der Waals surface area (Å²) in [5.74, 6) is -0.877. The van der Waals surface area contributed by atoms with Crippen LogP contribution in [0.2, 0.25) is 0 Å². The number of pyridine rings is 1. The number of anilines is 1. The molecule has 32 heavy (non-hydrogen) atoms. The molecule has 0 radical (unpaired) electrons. The van der Waals surface area contributed by atoms with Gasteiger partial charge in [-0.1, -0.05) is 0 Å². The maximum Gasteiger partial charge on any atom is 0.391 e. The highest BCUT2D eigenvalue weighted by Gasteiger charge is 2.41. The molecule has 2 heterocycles. The molecule has 2 aromatic rings. The molecule has 1 aromatic carbocycles. The lowest BCUT2D eigenvalue weighted by atomic mass is 9.95. The Kier molecular flexibility index (Phi) is 6.46. The Morgan fingerprint density at radius 2 is 1.94 bits per heavy atom. The van der Waals surface area contributed by atoms with Gasteiger partial charge in [0, 0.05) is 43.9 Å². The fourth-order valence-corrected chi connectivity index (χ4v) is 4.06. The van der Waals surface area contributed by atoms with Crippen LogP contribution < -0.4 is 15.0 Å². The van der Waals surface area contributed by atoms with Gasteiger partial charge in [-0.25, -0.2) is 0 Å². The van der Waals surface area contributed by atoms with Crippen molar-refractivity contribution in [1.82, 2.24) is 10.3 Å². The van der Waals surface area contributed by atoms with Gasteiger partial charge in [0.05, 0.1) is 35.4 Å². The first kappa shape index (κ1) is 22.6. The van der Waals surface area contributed by atoms with E-state index in [1.165, 1.54) is 6.20 Å². The van der Waals surface area contributed by atoms with Crippen LogP contribution in [0.1, 0.15) is 43.0 Å². The van der Waals surface area contributed by atoms with Crippen LogP contribution in [0.15, 0.2) is 24.4 Å². The highest BCUT2D eigenvalue weighted by molar-refractivity contribution is 6.00. The molecule has 1 aromatic heterocycles. The minimum Gasteiger partial charge on any atom is -0.490 e. The summed E-state index contributed by atoms with van der Waals surface area (Å²) >= 11 is 0. The molecular weight excluding hydrogens is 423 g/mol. The Balaban J connectivity index is 1.62. The summed E-state index contributed by atoms with van der Waals surface area (Å²) in [5.41, 5.74) is 1.81. The van der Waals surface area contributed by atoms with Crippen LogP contribution in [0.25, 0.3) is 10.9 Å². The molecule has 1 N–H and O–H groups in total. The van der Waals surface area contributed by atoms with Crippen molar-refractivity contribution in [2.75, 3.05) is 31.7 Å². The predicted molar refractivity (Wildman–Crippen MR) is 115 cm³/mol. The highest BCUT2D eigenvalue weighted by atomic mass is 19.4. The largest absolute Gasteiger partial charge is 0.490 e. The number of aromatic nitrogens is 1. The number of halogens is 3. The molecule has 174 valence electrons. The van der Waals surface area contributed by atoms with Gasteiger partial charge < -0.3 is 19.7 Å². The second kappa shape index (κ2) is 9.13. The van der Waals surface area contributed by atoms with Crippen molar-refractivity contribution in [3.8, 4) is 5.75 Å². The molecule has 0 bridgehead atoms. The zero-order valence-electron chi connectivity index (χ0n) is 18.2. The molecule has 1 aliphatic heterocycles. The van der Waals surface area contributed by atoms with E-state index < -0.39 is 12.1 Å². The highest BCUT2D eigenvalue weighted by Crippen LogP contribution is 2.39. The third kappa shape index (κ3) is 5.26. The minimum atomic E-state index is -4.16. The average molecular weight is 451 g/mol. The Bertz CT molecular complexity index is 970. The van der Waals surface area contributed by atoms with Crippen molar-refractivity contribution in [3.63, 3.8) is 0 Å². The Hall–Kier alpha value is -2.55. The second-order valence-corrected chi connectivity index (χ2v) is 8.69. The van der Waals surface area contributed by atoms with Gasteiger partial charge in [-0.3, -0.25) is 9.78 Å². The second-order valence-electron chi connectivity index (χ2n) is 8.69. The van der Waals surface area contributed by atoms with Crippen LogP contribution in [-0.4, -0.2) is 56.0 Å². The fourth-order valence-electron chi connectivity index (χ4n) is 4.06. The van der Waals surface area contributed by atoms with Gasteiger partial charge in [-0.2, -0.15) is 13.2 Å². The number of rotatable bonds is 7. The lowest BCUT2D eigenvalue weighted by molar-refractivity contribution is -0.179. The molecule has 1 amide bonds. The number of amides is 1. The molecule has 9 heteroatoms. The van der Waals surface area contributed by atoms with Crippen molar-refractivity contribution < 1.29 is 27.4 Å². The van der Waals surface area contributed by atoms with E-state index >= 15 is 0 Å². The van der Waals surface area contributed by atoms with E-state index in [4.69, 9.17) is 9.47 Å². The number of nitrogens with zero attached hydrogens (tertiary/aromatic N) is 2. The van der Waals surface area contributed by atoms with Crippen LogP contribution >= 0.6 is 0 Å². The fraction of sp³-hybridized carbons (Fsp3) is 0.565. The first-order valence-electron chi connectivity index (χ1n) is 11.0. The number of methoxy groups -OCH3 is 1. The van der Waals surface area contributed by atoms with Crippen molar-refractivity contribution >= 4 is 22.5 Å². The van der Waals surface area contributed by atoms with Crippen molar-refractivity contribution in [1.29, 1.82) is 0 Å². The van der Waals surface area contributed by atoms with E-state index in [0.717, 1.165) is 23.9 Å². The van der Waals surface area contributed by atoms with Crippen molar-refractivity contribution in [3.05, 3.63) is 30.0 Å². The van der Waals surface area contributed by atoms with E-state index in [2.05, 4.69) is 10.3 Å². The van der Waals surface area contributed by atoms with Crippen LogP contribution in [0.5, 0.6) is 5.75 Å². The first-order valence-corrected chi connectivity index (χ1v) is 11.0. The van der Waals surface area contributed by atoms with E-state index in [-0.39, 0.29) is 30.9 Å². The SMILES string of the molecule is COC[C@H](C)NC(=O)c1cnc2c(N3CCC(C(F)(F)F)CC3)cc(OC3CC3)cc2c1. The zero-order valence-corrected chi connectivity index (χ0v) is 18.2. The number of hydrogen-bond donors (Lipinski definition) is 1. The van der Waals surface area contributed by atoms with Crippen LogP contribution in [-0.2, 0) is 4.74 Å². The number of fused-ring (bicyclic) bond motifs is 1. The molecular formula is C23H28F3N3O3. The van der Waals surface area contributed by atoms with Gasteiger partial charge in [0.25, 0.3) is 5.91 Å². The lowest BCUT2D eigenvalue weighted by Crippen LogP contribution is -2.39. The predicted octanol–water partition coefficient (Wildman–Crippen LogP) is 4.32. The summed E-state index contributed by atoms with van der Waals surface area (Å²) in [4.78, 5) is 19.1. The maximum atomic E-state index is 13.1. The number of nitrogens with one attached hydrogen (secondary N) is 1. The molecule has 1 aliphatic carbocycles. The molecule has 2 aliphatic rings. The van der Waals surface area contributed by atoms with Crippen LogP contribution in [0.3, 0.4) is 0 Å². The van der Waals surface area contributed by atoms with Gasteiger partial charge in [0.15, 0.2) is 0 Å². The van der Waals surface area contributed by atoms with Gasteiger partial charge in [-0.05, 0) is 44.7 Å². The third-order valence-electron chi connectivity index (χ3n) is 5.92. The number of hydrogen-bond acceptors (Lipinski definition) is 5. The topological polar surface area (TPSA) is 63.7 Å². The van der Waals surface area contributed by atoms with Gasteiger partial charge in [0.2, 0.25) is 0 Å². The molecule has 4 rings (SSSR count). The summed E-state index contributed by atoms with van der Waals surface area (Å²) in [6, 6.07) is 5.31. The minimum absolute atomic E-state index is 0.0522. The van der Waals surface area contributed by atoms with Crippen molar-refractivity contribution in [2.45, 2.75) is 50.9 Å². The van der Waals surface area contributed by atoms with E-state index in [0.29, 0.717) is 36.5 Å². The number of benzene rings is 1. The number of ether oxygens (including phenoxy) is 2. The maximum absolute atomic E-state index is 13.1. The average Bonchev–Trinajstić information content (AvgIpc) is 3.56. The smallest absolute Gasteiger partial charge is 0.391 e. The van der Waals surface area contributed by atoms with E-state index in [1.807, 2.05) is 24.0 Å². The lowest BCUT2D eigenvalue weighted by Gasteiger charge is -2.35. The van der Waals surface area contributed by atoms with E-state index in [1.54, 1.807) is 13.2 Å². The van der Waals surface area contributed by atoms with Gasteiger partial charge in [0.1, 0.15) is 5.75 Å². The Morgan fingerprint density at radius 1 is 1.22 bits per heavy atom. The summed E-state index contributed by atoms with van der Waals surface area (Å²) in [7, 11) is 1.57. The monoisotopic (exact) mass is 451 g/mol. The summed E-state index contributed by atoms with van der Waals surface area (Å²) in [5, 5.41) is 3.59. The summed E-state index contributed by atoms with van der Waals surface area (Å²) in [6.45, 7) is 2.83. The summed E-state index contributed by atoms with van der Waals surface area (Å²) in [6.07, 6.45) is -0.403. The molecule has 1 saturated carbocycles. The van der Waals surface area contributed by atoms with Crippen LogP contribution in [0, 0.1) is 5.92 Å². The Morgan fingerprint density at radius 3 is 2.56 bits per heavy atom. The summed E-state index contributed by atoms with van der Waals surface area (Å²) < 4.78 is 50.3. The quantitative estimate of drug-likeness (QED) is 0.679. The Labute approximate surface area is 185 Å². The number of carbonyl (C=O) groups is 1.